The molecule has 0 aliphatic heterocycles. The van der Waals surface area contributed by atoms with Crippen molar-refractivity contribution in [2.75, 3.05) is 11.9 Å². The lowest BCUT2D eigenvalue weighted by molar-refractivity contribution is 0.457. The third-order valence-electron chi connectivity index (χ3n) is 5.01. The van der Waals surface area contributed by atoms with E-state index < -0.39 is 10.0 Å². The van der Waals surface area contributed by atoms with Gasteiger partial charge in [-0.3, -0.25) is 0 Å². The Balaban J connectivity index is 2.15. The fourth-order valence-electron chi connectivity index (χ4n) is 2.92. The smallest absolute Gasteiger partial charge is 0.240 e. The van der Waals surface area contributed by atoms with E-state index in [2.05, 4.69) is 33.0 Å². The highest BCUT2D eigenvalue weighted by Gasteiger charge is 2.64. The Morgan fingerprint density at radius 2 is 1.68 bits per heavy atom. The molecule has 2 rings (SSSR count). The third-order valence-corrected chi connectivity index (χ3v) is 5.98. The van der Waals surface area contributed by atoms with Gasteiger partial charge in [-0.25, -0.2) is 13.6 Å². The summed E-state index contributed by atoms with van der Waals surface area (Å²) < 4.78 is 23.0. The minimum atomic E-state index is -3.68. The molecule has 5 heteroatoms. The molecule has 106 valence electrons. The van der Waals surface area contributed by atoms with Crippen LogP contribution in [0.4, 0.5) is 5.69 Å². The van der Waals surface area contributed by atoms with Crippen molar-refractivity contribution in [2.45, 2.75) is 32.6 Å². The second kappa shape index (κ2) is 4.21. The summed E-state index contributed by atoms with van der Waals surface area (Å²) in [5.41, 5.74) is 1.14. The maximum Gasteiger partial charge on any atom is 0.240 e. The summed E-state index contributed by atoms with van der Waals surface area (Å²) in [7, 11) is -3.68. The number of hydrogen-bond donors (Lipinski definition) is 2. The van der Waals surface area contributed by atoms with Gasteiger partial charge in [0.25, 0.3) is 0 Å². The van der Waals surface area contributed by atoms with E-state index in [-0.39, 0.29) is 15.7 Å². The van der Waals surface area contributed by atoms with Gasteiger partial charge in [-0.05, 0) is 28.9 Å². The average molecular weight is 282 g/mol. The zero-order valence-electron chi connectivity index (χ0n) is 11.9. The number of nitrogens with one attached hydrogen (secondary N) is 1. The molecule has 0 radical (unpaired) electrons. The fraction of sp³-hybridized carbons (Fsp3) is 0.571. The average Bonchev–Trinajstić information content (AvgIpc) is 2.66. The molecule has 1 fully saturated rings. The highest BCUT2D eigenvalue weighted by Crippen LogP contribution is 2.68. The van der Waals surface area contributed by atoms with Gasteiger partial charge in [0.1, 0.15) is 4.90 Å². The Kier molecular flexibility index (Phi) is 3.18. The first-order valence-electron chi connectivity index (χ1n) is 6.44. The van der Waals surface area contributed by atoms with Crippen molar-refractivity contribution in [3.8, 4) is 0 Å². The van der Waals surface area contributed by atoms with Crippen molar-refractivity contribution in [1.82, 2.24) is 0 Å². The fourth-order valence-corrected chi connectivity index (χ4v) is 3.63. The Morgan fingerprint density at radius 1 is 1.16 bits per heavy atom. The highest BCUT2D eigenvalue weighted by molar-refractivity contribution is 7.89. The van der Waals surface area contributed by atoms with Crippen LogP contribution in [0, 0.1) is 16.7 Å². The van der Waals surface area contributed by atoms with Crippen molar-refractivity contribution in [3.05, 3.63) is 24.3 Å². The molecule has 0 saturated heterocycles. The maximum absolute atomic E-state index is 11.5. The van der Waals surface area contributed by atoms with Crippen LogP contribution in [-0.4, -0.2) is 15.0 Å². The summed E-state index contributed by atoms with van der Waals surface area (Å²) in [6.07, 6.45) is 0. The van der Waals surface area contributed by atoms with E-state index in [9.17, 15) is 8.42 Å². The van der Waals surface area contributed by atoms with Crippen LogP contribution in [0.25, 0.3) is 0 Å². The molecule has 0 heterocycles. The van der Waals surface area contributed by atoms with Gasteiger partial charge >= 0.3 is 0 Å². The zero-order valence-corrected chi connectivity index (χ0v) is 12.7. The molecule has 1 saturated carbocycles. The predicted octanol–water partition coefficient (Wildman–Crippen LogP) is 2.43. The molecule has 19 heavy (non-hydrogen) atoms. The molecule has 0 amide bonds. The number of para-hydroxylation sites is 1. The Labute approximate surface area is 115 Å². The molecule has 1 aliphatic rings. The normalized spacial score (nSPS) is 21.1. The van der Waals surface area contributed by atoms with Gasteiger partial charge in [0.2, 0.25) is 10.0 Å². The quantitative estimate of drug-likeness (QED) is 0.891. The number of anilines is 1. The molecule has 0 bridgehead atoms. The lowest BCUT2D eigenvalue weighted by atomic mass is 10.0. The van der Waals surface area contributed by atoms with Crippen LogP contribution in [0.2, 0.25) is 0 Å². The highest BCUT2D eigenvalue weighted by atomic mass is 32.2. The standard InChI is InChI=1S/C14H22N2O2S/c1-13(2)12(14(13,3)4)9-16-10-7-5-6-8-11(10)19(15,17)18/h5-8,12,16H,9H2,1-4H3,(H2,15,17,18). The predicted molar refractivity (Wildman–Crippen MR) is 77.4 cm³/mol. The minimum Gasteiger partial charge on any atom is -0.384 e. The Hall–Kier alpha value is -1.07. The molecule has 0 spiro atoms. The number of sulfonamides is 1. The van der Waals surface area contributed by atoms with Gasteiger partial charge in [-0.2, -0.15) is 0 Å². The third kappa shape index (κ3) is 2.37. The van der Waals surface area contributed by atoms with E-state index in [0.29, 0.717) is 11.6 Å². The molecule has 1 aromatic rings. The van der Waals surface area contributed by atoms with Crippen LogP contribution in [0.3, 0.4) is 0 Å². The van der Waals surface area contributed by atoms with Crippen molar-refractivity contribution < 1.29 is 8.42 Å². The van der Waals surface area contributed by atoms with E-state index in [1.54, 1.807) is 18.2 Å². The van der Waals surface area contributed by atoms with E-state index in [0.717, 1.165) is 6.54 Å². The number of nitrogens with two attached hydrogens (primary N) is 1. The lowest BCUT2D eigenvalue weighted by Gasteiger charge is -2.11. The van der Waals surface area contributed by atoms with E-state index in [1.807, 2.05) is 0 Å². The second-order valence-corrected chi connectivity index (χ2v) is 7.95. The summed E-state index contributed by atoms with van der Waals surface area (Å²) in [5, 5.41) is 8.45. The summed E-state index contributed by atoms with van der Waals surface area (Å²) in [5.74, 6) is 0.522. The van der Waals surface area contributed by atoms with Gasteiger partial charge in [0.15, 0.2) is 0 Å². The number of primary sulfonamides is 1. The van der Waals surface area contributed by atoms with Crippen LogP contribution in [0.1, 0.15) is 27.7 Å². The summed E-state index contributed by atoms with van der Waals surface area (Å²) >= 11 is 0. The van der Waals surface area contributed by atoms with Crippen LogP contribution in [-0.2, 0) is 10.0 Å². The van der Waals surface area contributed by atoms with Crippen LogP contribution in [0.5, 0.6) is 0 Å². The summed E-state index contributed by atoms with van der Waals surface area (Å²) in [4.78, 5) is 0.159. The maximum atomic E-state index is 11.5. The van der Waals surface area contributed by atoms with Crippen LogP contribution < -0.4 is 10.5 Å². The lowest BCUT2D eigenvalue weighted by Crippen LogP contribution is -2.16. The zero-order chi connectivity index (χ0) is 14.5. The summed E-state index contributed by atoms with van der Waals surface area (Å²) in [6, 6.07) is 6.76. The monoisotopic (exact) mass is 282 g/mol. The molecule has 1 aliphatic carbocycles. The number of rotatable bonds is 4. The number of benzene rings is 1. The van der Waals surface area contributed by atoms with E-state index in [4.69, 9.17) is 5.14 Å². The molecule has 3 N–H and O–H groups in total. The molecule has 0 atom stereocenters. The molecule has 1 aromatic carbocycles. The van der Waals surface area contributed by atoms with Crippen LogP contribution >= 0.6 is 0 Å². The van der Waals surface area contributed by atoms with Crippen LogP contribution in [0.15, 0.2) is 29.2 Å². The SMILES string of the molecule is CC1(C)C(CNc2ccccc2S(N)(=O)=O)C1(C)C. The summed E-state index contributed by atoms with van der Waals surface area (Å²) in [6.45, 7) is 9.72. The van der Waals surface area contributed by atoms with Crippen molar-refractivity contribution >= 4 is 15.7 Å². The van der Waals surface area contributed by atoms with Gasteiger partial charge in [0, 0.05) is 6.54 Å². The molecule has 0 aromatic heterocycles. The van der Waals surface area contributed by atoms with Gasteiger partial charge in [-0.15, -0.1) is 0 Å². The molecular formula is C14H22N2O2S. The first-order chi connectivity index (χ1) is 8.58. The minimum absolute atomic E-state index is 0.159. The van der Waals surface area contributed by atoms with Gasteiger partial charge < -0.3 is 5.32 Å². The topological polar surface area (TPSA) is 72.2 Å². The van der Waals surface area contributed by atoms with E-state index >= 15 is 0 Å². The van der Waals surface area contributed by atoms with Gasteiger partial charge in [-0.1, -0.05) is 39.8 Å². The number of hydrogen-bond acceptors (Lipinski definition) is 3. The first-order valence-corrected chi connectivity index (χ1v) is 7.99. The molecular weight excluding hydrogens is 260 g/mol. The van der Waals surface area contributed by atoms with E-state index in [1.165, 1.54) is 6.07 Å². The Morgan fingerprint density at radius 3 is 2.16 bits per heavy atom. The van der Waals surface area contributed by atoms with Crippen molar-refractivity contribution in [3.63, 3.8) is 0 Å². The molecule has 0 unspecified atom stereocenters. The second-order valence-electron chi connectivity index (χ2n) is 6.42. The van der Waals surface area contributed by atoms with Gasteiger partial charge in [0.05, 0.1) is 5.69 Å². The first kappa shape index (κ1) is 14.3. The Bertz CT molecular complexity index is 577. The molecule has 4 nitrogen and oxygen atoms in total. The largest absolute Gasteiger partial charge is 0.384 e. The van der Waals surface area contributed by atoms with Crippen molar-refractivity contribution in [2.24, 2.45) is 21.9 Å². The van der Waals surface area contributed by atoms with Crippen molar-refractivity contribution in [1.29, 1.82) is 0 Å².